The van der Waals surface area contributed by atoms with Crippen molar-refractivity contribution in [3.8, 4) is 5.75 Å². The summed E-state index contributed by atoms with van der Waals surface area (Å²) in [7, 11) is 0. The molecule has 1 aromatic carbocycles. The molecule has 0 unspecified atom stereocenters. The first-order valence-electron chi connectivity index (χ1n) is 19.8. The molecule has 1 aromatic rings. The van der Waals surface area contributed by atoms with Crippen molar-refractivity contribution in [2.24, 2.45) is 57.2 Å². The van der Waals surface area contributed by atoms with Gasteiger partial charge < -0.3 is 15.0 Å². The zero-order chi connectivity index (χ0) is 34.1. The number of likely N-dealkylation sites (tertiary alicyclic amines) is 1. The lowest BCUT2D eigenvalue weighted by Crippen LogP contribution is -2.69. The zero-order valence-corrected chi connectivity index (χ0v) is 31.2. The van der Waals surface area contributed by atoms with Gasteiger partial charge in [0.25, 0.3) is 6.47 Å². The van der Waals surface area contributed by atoms with Gasteiger partial charge in [0, 0.05) is 24.0 Å². The monoisotopic (exact) mass is 656 g/mol. The molecule has 1 heterocycles. The number of nitrogens with one attached hydrogen (secondary N) is 1. The second-order valence-corrected chi connectivity index (χ2v) is 18.8. The summed E-state index contributed by atoms with van der Waals surface area (Å²) in [6.45, 7) is 22.8. The van der Waals surface area contributed by atoms with Gasteiger partial charge in [0.05, 0.1) is 0 Å². The van der Waals surface area contributed by atoms with Gasteiger partial charge in [0.1, 0.15) is 5.75 Å². The van der Waals surface area contributed by atoms with Crippen LogP contribution in [0.1, 0.15) is 125 Å². The quantitative estimate of drug-likeness (QED) is 0.283. The number of piperidine rings is 1. The third kappa shape index (κ3) is 5.05. The van der Waals surface area contributed by atoms with Crippen LogP contribution in [-0.2, 0) is 9.59 Å². The van der Waals surface area contributed by atoms with E-state index in [9.17, 15) is 9.59 Å². The Hall–Kier alpha value is -1.98. The fraction of sp³-hybridized carbons (Fsp3) is 0.767. The number of rotatable bonds is 8. The molecule has 5 heteroatoms. The van der Waals surface area contributed by atoms with Crippen molar-refractivity contribution in [3.63, 3.8) is 0 Å². The summed E-state index contributed by atoms with van der Waals surface area (Å²) in [4.78, 5) is 28.3. The number of ether oxygens (including phenoxy) is 1. The third-order valence-electron chi connectivity index (χ3n) is 16.5. The average molecular weight is 657 g/mol. The van der Waals surface area contributed by atoms with Crippen molar-refractivity contribution in [2.45, 2.75) is 125 Å². The van der Waals surface area contributed by atoms with Gasteiger partial charge in [-0.1, -0.05) is 67.0 Å². The molecule has 0 radical (unpaired) electrons. The van der Waals surface area contributed by atoms with E-state index in [0.717, 1.165) is 41.9 Å². The summed E-state index contributed by atoms with van der Waals surface area (Å²) in [6, 6.07) is 7.72. The lowest BCUT2D eigenvalue weighted by atomic mass is 9.32. The first-order chi connectivity index (χ1) is 22.8. The predicted octanol–water partition coefficient (Wildman–Crippen LogP) is 8.96. The molecule has 5 aliphatic carbocycles. The largest absolute Gasteiger partial charge is 0.429 e. The maximum atomic E-state index is 14.7. The minimum atomic E-state index is -0.358. The Morgan fingerprint density at radius 1 is 0.875 bits per heavy atom. The van der Waals surface area contributed by atoms with Crippen LogP contribution < -0.4 is 10.1 Å². The molecule has 5 nitrogen and oxygen atoms in total. The van der Waals surface area contributed by atoms with Crippen LogP contribution >= 0.6 is 0 Å². The van der Waals surface area contributed by atoms with Gasteiger partial charge in [-0.05, 0) is 158 Å². The van der Waals surface area contributed by atoms with Gasteiger partial charge in [-0.15, -0.1) is 0 Å². The molecule has 0 bridgehead atoms. The molecule has 6 aliphatic rings. The van der Waals surface area contributed by atoms with E-state index in [4.69, 9.17) is 4.74 Å². The Morgan fingerprint density at radius 2 is 1.60 bits per heavy atom. The Kier molecular flexibility index (Phi) is 8.87. The fourth-order valence-electron chi connectivity index (χ4n) is 13.9. The molecular formula is C43H64N2O3. The number of carbonyl (C=O) groups excluding carboxylic acids is 2. The molecule has 1 saturated heterocycles. The number of nitrogens with zero attached hydrogens (tertiary/aromatic N) is 1. The van der Waals surface area contributed by atoms with E-state index in [-0.39, 0.29) is 27.2 Å². The van der Waals surface area contributed by atoms with Crippen molar-refractivity contribution in [1.29, 1.82) is 0 Å². The van der Waals surface area contributed by atoms with Crippen molar-refractivity contribution >= 4 is 17.8 Å². The highest BCUT2D eigenvalue weighted by Gasteiger charge is 2.71. The lowest BCUT2D eigenvalue weighted by molar-refractivity contribution is -0.218. The first kappa shape index (κ1) is 34.5. The maximum Gasteiger partial charge on any atom is 0.298 e. The molecule has 7 rings (SSSR count). The molecule has 0 spiro atoms. The van der Waals surface area contributed by atoms with E-state index < -0.39 is 0 Å². The summed E-state index contributed by atoms with van der Waals surface area (Å²) < 4.78 is 5.07. The van der Waals surface area contributed by atoms with Gasteiger partial charge in [-0.25, -0.2) is 0 Å². The molecule has 5 fully saturated rings. The Morgan fingerprint density at radius 3 is 2.29 bits per heavy atom. The van der Waals surface area contributed by atoms with Crippen LogP contribution in [0.25, 0.3) is 5.57 Å². The third-order valence-corrected chi connectivity index (χ3v) is 16.5. The summed E-state index contributed by atoms with van der Waals surface area (Å²) in [5.41, 5.74) is 2.38. The second kappa shape index (κ2) is 12.4. The van der Waals surface area contributed by atoms with Gasteiger partial charge in [0.15, 0.2) is 5.78 Å². The van der Waals surface area contributed by atoms with Gasteiger partial charge >= 0.3 is 0 Å². The molecule has 48 heavy (non-hydrogen) atoms. The number of hydrogen-bond acceptors (Lipinski definition) is 5. The molecule has 4 saturated carbocycles. The van der Waals surface area contributed by atoms with Crippen molar-refractivity contribution in [1.82, 2.24) is 10.2 Å². The number of allylic oxidation sites excluding steroid dienone is 2. The van der Waals surface area contributed by atoms with Gasteiger partial charge in [-0.2, -0.15) is 0 Å². The van der Waals surface area contributed by atoms with Gasteiger partial charge in [-0.3, -0.25) is 9.59 Å². The summed E-state index contributed by atoms with van der Waals surface area (Å²) >= 11 is 0. The van der Waals surface area contributed by atoms with E-state index >= 15 is 0 Å². The second-order valence-electron chi connectivity index (χ2n) is 18.8. The van der Waals surface area contributed by atoms with Crippen molar-refractivity contribution in [2.75, 3.05) is 26.2 Å². The molecule has 1 N–H and O–H groups in total. The average Bonchev–Trinajstić information content (AvgIpc) is 3.44. The number of fused-ring (bicyclic) bond motifs is 7. The number of carbonyl (C=O) groups is 2. The molecular weight excluding hydrogens is 592 g/mol. The van der Waals surface area contributed by atoms with Crippen LogP contribution in [0.4, 0.5) is 0 Å². The number of ketones is 1. The molecule has 0 amide bonds. The smallest absolute Gasteiger partial charge is 0.298 e. The number of benzene rings is 1. The van der Waals surface area contributed by atoms with E-state index in [1.165, 1.54) is 83.8 Å². The summed E-state index contributed by atoms with van der Waals surface area (Å²) in [6.07, 6.45) is 16.2. The van der Waals surface area contributed by atoms with Crippen LogP contribution in [-0.4, -0.2) is 48.9 Å². The molecule has 1 aliphatic heterocycles. The highest BCUT2D eigenvalue weighted by atomic mass is 16.5. The van der Waals surface area contributed by atoms with E-state index in [0.29, 0.717) is 35.8 Å². The SMILES string of the molecule is CC(C)[C@@H]1CC[C@]2(NCCN3CCCCC3)CC[C@]3(C)[C@H](CC[C@@H]4[C@@]5(C)C(=O)C=C(c6ccc(OC=O)cc6)C(C)(C)[C@@H]5CC[C@]43C)[C@@H]12. The summed E-state index contributed by atoms with van der Waals surface area (Å²) in [5, 5.41) is 4.34. The lowest BCUT2D eigenvalue weighted by Gasteiger charge is -2.72. The molecule has 0 aromatic heterocycles. The van der Waals surface area contributed by atoms with Crippen molar-refractivity contribution in [3.05, 3.63) is 35.9 Å². The Labute approximate surface area is 291 Å². The standard InChI is InChI=1S/C43H64N2O3/c1-29(2)32-17-20-43(44-23-26-45-24-9-8-10-25-45)22-21-40(5)33(38(32)43)15-16-36-41(40,6)19-18-35-39(3,4)34(27-37(47)42(35,36)7)30-11-13-31(14-12-30)48-28-46/h11-14,27-29,32-33,35-36,38,44H,8-10,15-26H2,1-7H3/t32-,33+,35-,36-,38+,40+,41+,42-,43-/m0/s1. The van der Waals surface area contributed by atoms with Crippen LogP contribution in [0.5, 0.6) is 5.75 Å². The van der Waals surface area contributed by atoms with Crippen LogP contribution in [0.15, 0.2) is 30.3 Å². The van der Waals surface area contributed by atoms with E-state index in [1.54, 1.807) is 0 Å². The first-order valence-corrected chi connectivity index (χ1v) is 19.8. The Balaban J connectivity index is 1.18. The van der Waals surface area contributed by atoms with Crippen LogP contribution in [0.2, 0.25) is 0 Å². The fourth-order valence-corrected chi connectivity index (χ4v) is 13.9. The van der Waals surface area contributed by atoms with E-state index in [2.05, 4.69) is 58.7 Å². The van der Waals surface area contributed by atoms with Crippen molar-refractivity contribution < 1.29 is 14.3 Å². The number of hydrogen-bond donors (Lipinski definition) is 1. The topological polar surface area (TPSA) is 58.6 Å². The van der Waals surface area contributed by atoms with Crippen LogP contribution in [0.3, 0.4) is 0 Å². The highest BCUT2D eigenvalue weighted by molar-refractivity contribution is 6.04. The Bertz CT molecular complexity index is 1410. The minimum Gasteiger partial charge on any atom is -0.429 e. The normalized spacial score (nSPS) is 42.3. The molecule has 264 valence electrons. The zero-order valence-electron chi connectivity index (χ0n) is 31.2. The predicted molar refractivity (Wildman–Crippen MR) is 194 cm³/mol. The van der Waals surface area contributed by atoms with Gasteiger partial charge in [0.2, 0.25) is 0 Å². The molecule has 9 atom stereocenters. The maximum absolute atomic E-state index is 14.7. The van der Waals surface area contributed by atoms with Crippen LogP contribution in [0, 0.1) is 57.2 Å². The minimum absolute atomic E-state index is 0.136. The summed E-state index contributed by atoms with van der Waals surface area (Å²) in [5.74, 6) is 4.53. The highest BCUT2D eigenvalue weighted by Crippen LogP contribution is 2.76. The van der Waals surface area contributed by atoms with E-state index in [1.807, 2.05) is 30.3 Å².